The van der Waals surface area contributed by atoms with Crippen LogP contribution < -0.4 is 10.1 Å². The molecule has 2 aromatic rings. The predicted molar refractivity (Wildman–Crippen MR) is 118 cm³/mol. The lowest BCUT2D eigenvalue weighted by molar-refractivity contribution is -0.144. The number of benzene rings is 2. The van der Waals surface area contributed by atoms with Crippen molar-refractivity contribution in [1.82, 2.24) is 5.32 Å². The lowest BCUT2D eigenvalue weighted by atomic mass is 10.1. The van der Waals surface area contributed by atoms with Crippen LogP contribution >= 0.6 is 11.8 Å². The Morgan fingerprint density at radius 3 is 2.37 bits per heavy atom. The van der Waals surface area contributed by atoms with Crippen LogP contribution in [0.5, 0.6) is 5.75 Å². The highest BCUT2D eigenvalue weighted by atomic mass is 32.2. The molecule has 0 aliphatic carbocycles. The molecule has 30 heavy (non-hydrogen) atoms. The van der Waals surface area contributed by atoms with Gasteiger partial charge in [0.2, 0.25) is 5.91 Å². The van der Waals surface area contributed by atoms with Gasteiger partial charge in [-0.3, -0.25) is 14.4 Å². The zero-order chi connectivity index (χ0) is 21.8. The molecule has 0 aromatic heterocycles. The summed E-state index contributed by atoms with van der Waals surface area (Å²) in [6.07, 6.45) is 1.78. The highest BCUT2D eigenvalue weighted by molar-refractivity contribution is 8.13. The molecule has 0 bridgehead atoms. The largest absolute Gasteiger partial charge is 0.497 e. The monoisotopic (exact) mass is 427 g/mol. The summed E-state index contributed by atoms with van der Waals surface area (Å²) in [4.78, 5) is 35.8. The number of carbonyl (C=O) groups is 3. The minimum absolute atomic E-state index is 0.0637. The Bertz CT molecular complexity index is 878. The standard InChI is InChI=1S/C23H25NO5S/c1-17(25)30-16-20(14-18-8-10-21(28-2)11-9-18)23(27)24-13-12-22(26)29-15-19-6-4-3-5-7-19/h3-11,14H,12-13,15-16H2,1-2H3,(H,24,27)/b20-14+. The third-order valence-electron chi connectivity index (χ3n) is 4.04. The van der Waals surface area contributed by atoms with Gasteiger partial charge < -0.3 is 14.8 Å². The van der Waals surface area contributed by atoms with Gasteiger partial charge in [-0.25, -0.2) is 0 Å². The first-order chi connectivity index (χ1) is 14.5. The molecule has 2 rings (SSSR count). The fourth-order valence-corrected chi connectivity index (χ4v) is 3.03. The highest BCUT2D eigenvalue weighted by Gasteiger charge is 2.12. The van der Waals surface area contributed by atoms with Crippen LogP contribution in [0.1, 0.15) is 24.5 Å². The number of nitrogens with one attached hydrogen (secondary N) is 1. The van der Waals surface area contributed by atoms with Gasteiger partial charge in [0.1, 0.15) is 12.4 Å². The molecule has 0 spiro atoms. The quantitative estimate of drug-likeness (QED) is 0.461. The van der Waals surface area contributed by atoms with Gasteiger partial charge in [0.15, 0.2) is 5.12 Å². The minimum Gasteiger partial charge on any atom is -0.497 e. The summed E-state index contributed by atoms with van der Waals surface area (Å²) in [7, 11) is 1.58. The second-order valence-electron chi connectivity index (χ2n) is 6.38. The number of thioether (sulfide) groups is 1. The molecule has 0 heterocycles. The molecule has 0 aliphatic rings. The zero-order valence-electron chi connectivity index (χ0n) is 17.1. The van der Waals surface area contributed by atoms with Crippen molar-refractivity contribution >= 4 is 34.8 Å². The Kier molecular flexibility index (Phi) is 9.67. The topological polar surface area (TPSA) is 81.7 Å². The third kappa shape index (κ3) is 8.53. The van der Waals surface area contributed by atoms with E-state index in [2.05, 4.69) is 5.32 Å². The summed E-state index contributed by atoms with van der Waals surface area (Å²) >= 11 is 1.06. The molecule has 158 valence electrons. The van der Waals surface area contributed by atoms with E-state index < -0.39 is 5.97 Å². The Morgan fingerprint density at radius 2 is 1.73 bits per heavy atom. The summed E-state index contributed by atoms with van der Waals surface area (Å²) in [5.74, 6) is 0.240. The van der Waals surface area contributed by atoms with E-state index in [1.807, 2.05) is 42.5 Å². The van der Waals surface area contributed by atoms with E-state index in [1.165, 1.54) is 6.92 Å². The molecular weight excluding hydrogens is 402 g/mol. The van der Waals surface area contributed by atoms with Crippen LogP contribution in [0.3, 0.4) is 0 Å². The molecule has 0 aliphatic heterocycles. The Labute approximate surface area is 180 Å². The van der Waals surface area contributed by atoms with Gasteiger partial charge in [0.05, 0.1) is 13.5 Å². The Balaban J connectivity index is 1.88. The van der Waals surface area contributed by atoms with Crippen molar-refractivity contribution in [2.45, 2.75) is 20.0 Å². The molecule has 7 heteroatoms. The van der Waals surface area contributed by atoms with Gasteiger partial charge in [-0.05, 0) is 29.3 Å². The second kappa shape index (κ2) is 12.5. The van der Waals surface area contributed by atoms with Gasteiger partial charge in [0, 0.05) is 24.8 Å². The number of rotatable bonds is 10. The first-order valence-electron chi connectivity index (χ1n) is 9.43. The lowest BCUT2D eigenvalue weighted by Gasteiger charge is -2.09. The molecule has 0 saturated carbocycles. The highest BCUT2D eigenvalue weighted by Crippen LogP contribution is 2.17. The Hall–Kier alpha value is -3.06. The minimum atomic E-state index is -0.391. The van der Waals surface area contributed by atoms with E-state index in [9.17, 15) is 14.4 Å². The van der Waals surface area contributed by atoms with Gasteiger partial charge in [-0.15, -0.1) is 0 Å². The number of methoxy groups -OCH3 is 1. The molecule has 0 unspecified atom stereocenters. The average Bonchev–Trinajstić information content (AvgIpc) is 2.76. The van der Waals surface area contributed by atoms with Gasteiger partial charge in [0.25, 0.3) is 0 Å². The number of hydrogen-bond donors (Lipinski definition) is 1. The van der Waals surface area contributed by atoms with Crippen molar-refractivity contribution in [3.05, 3.63) is 71.3 Å². The molecular formula is C23H25NO5S. The molecule has 1 N–H and O–H groups in total. The molecule has 2 aromatic carbocycles. The van der Waals surface area contributed by atoms with E-state index in [-0.39, 0.29) is 36.3 Å². The molecule has 1 amide bonds. The fraction of sp³-hybridized carbons (Fsp3) is 0.261. The van der Waals surface area contributed by atoms with Crippen molar-refractivity contribution in [1.29, 1.82) is 0 Å². The van der Waals surface area contributed by atoms with Crippen LogP contribution in [0.4, 0.5) is 0 Å². The molecule has 0 saturated heterocycles. The zero-order valence-corrected chi connectivity index (χ0v) is 17.9. The van der Waals surface area contributed by atoms with Crippen molar-refractivity contribution in [2.75, 3.05) is 19.4 Å². The van der Waals surface area contributed by atoms with Crippen molar-refractivity contribution in [3.8, 4) is 5.75 Å². The van der Waals surface area contributed by atoms with Crippen LogP contribution in [0.2, 0.25) is 0 Å². The van der Waals surface area contributed by atoms with E-state index >= 15 is 0 Å². The van der Waals surface area contributed by atoms with Gasteiger partial charge in [-0.1, -0.05) is 54.2 Å². The normalized spacial score (nSPS) is 10.9. The number of amides is 1. The molecule has 0 radical (unpaired) electrons. The van der Waals surface area contributed by atoms with Crippen molar-refractivity contribution in [2.24, 2.45) is 0 Å². The lowest BCUT2D eigenvalue weighted by Crippen LogP contribution is -2.28. The number of carbonyl (C=O) groups excluding carboxylic acids is 3. The summed E-state index contributed by atoms with van der Waals surface area (Å²) in [5, 5.41) is 2.65. The molecule has 0 atom stereocenters. The second-order valence-corrected chi connectivity index (χ2v) is 7.53. The number of ether oxygens (including phenoxy) is 2. The predicted octanol–water partition coefficient (Wildman–Crippen LogP) is 3.61. The van der Waals surface area contributed by atoms with Crippen molar-refractivity contribution in [3.63, 3.8) is 0 Å². The van der Waals surface area contributed by atoms with Crippen LogP contribution in [0.15, 0.2) is 60.2 Å². The van der Waals surface area contributed by atoms with Crippen LogP contribution in [0.25, 0.3) is 6.08 Å². The third-order valence-corrected chi connectivity index (χ3v) is 4.90. The number of hydrogen-bond acceptors (Lipinski definition) is 6. The molecule has 0 fully saturated rings. The van der Waals surface area contributed by atoms with Gasteiger partial charge in [-0.2, -0.15) is 0 Å². The average molecular weight is 428 g/mol. The maximum absolute atomic E-state index is 12.6. The maximum atomic E-state index is 12.6. The van der Waals surface area contributed by atoms with Gasteiger partial charge >= 0.3 is 5.97 Å². The van der Waals surface area contributed by atoms with Crippen LogP contribution in [-0.4, -0.2) is 36.4 Å². The van der Waals surface area contributed by atoms with Crippen LogP contribution in [0, 0.1) is 0 Å². The summed E-state index contributed by atoms with van der Waals surface area (Å²) in [5.41, 5.74) is 2.16. The molecule has 6 nitrogen and oxygen atoms in total. The Morgan fingerprint density at radius 1 is 1.03 bits per heavy atom. The van der Waals surface area contributed by atoms with E-state index in [0.29, 0.717) is 11.3 Å². The smallest absolute Gasteiger partial charge is 0.307 e. The van der Waals surface area contributed by atoms with Crippen LogP contribution in [-0.2, 0) is 25.7 Å². The maximum Gasteiger partial charge on any atom is 0.307 e. The summed E-state index contributed by atoms with van der Waals surface area (Å²) in [6.45, 7) is 1.80. The first kappa shape index (κ1) is 23.2. The van der Waals surface area contributed by atoms with Crippen molar-refractivity contribution < 1.29 is 23.9 Å². The first-order valence-corrected chi connectivity index (χ1v) is 10.4. The summed E-state index contributed by atoms with van der Waals surface area (Å²) in [6, 6.07) is 16.6. The van der Waals surface area contributed by atoms with E-state index in [0.717, 1.165) is 22.9 Å². The van der Waals surface area contributed by atoms with E-state index in [1.54, 1.807) is 25.3 Å². The number of esters is 1. The van der Waals surface area contributed by atoms with E-state index in [4.69, 9.17) is 9.47 Å². The fourth-order valence-electron chi connectivity index (χ4n) is 2.46. The SMILES string of the molecule is COc1ccc(/C=C(\CSC(C)=O)C(=O)NCCC(=O)OCc2ccccc2)cc1. The summed E-state index contributed by atoms with van der Waals surface area (Å²) < 4.78 is 10.3.